The van der Waals surface area contributed by atoms with Crippen LogP contribution in [0.15, 0.2) is 12.4 Å². The summed E-state index contributed by atoms with van der Waals surface area (Å²) in [5.41, 5.74) is 7.22. The summed E-state index contributed by atoms with van der Waals surface area (Å²) >= 11 is 0. The number of hydrogen-bond acceptors (Lipinski definition) is 5. The third kappa shape index (κ3) is 2.28. The van der Waals surface area contributed by atoms with E-state index in [0.717, 1.165) is 43.8 Å². The number of aromatic nitrogens is 4. The molecule has 0 aliphatic carbocycles. The first-order chi connectivity index (χ1) is 8.83. The van der Waals surface area contributed by atoms with Crippen molar-refractivity contribution >= 4 is 17.0 Å². The highest BCUT2D eigenvalue weighted by Crippen LogP contribution is 2.19. The lowest BCUT2D eigenvalue weighted by Crippen LogP contribution is -2.19. The number of anilines is 1. The lowest BCUT2D eigenvalue weighted by Gasteiger charge is -2.21. The van der Waals surface area contributed by atoms with Crippen molar-refractivity contribution < 1.29 is 4.74 Å². The van der Waals surface area contributed by atoms with Crippen LogP contribution in [0.4, 0.5) is 5.82 Å². The van der Waals surface area contributed by atoms with Crippen molar-refractivity contribution in [3.63, 3.8) is 0 Å². The third-order valence-corrected chi connectivity index (χ3v) is 3.37. The van der Waals surface area contributed by atoms with E-state index in [-0.39, 0.29) is 0 Å². The van der Waals surface area contributed by atoms with Crippen molar-refractivity contribution in [2.75, 3.05) is 18.9 Å². The van der Waals surface area contributed by atoms with Gasteiger partial charge in [0, 0.05) is 19.8 Å². The molecule has 0 saturated carbocycles. The van der Waals surface area contributed by atoms with Gasteiger partial charge in [-0.25, -0.2) is 14.6 Å². The molecule has 1 atom stereocenters. The number of aryl methyl sites for hydroxylation is 1. The molecular weight excluding hydrogens is 230 g/mol. The van der Waals surface area contributed by atoms with E-state index in [1.165, 1.54) is 6.42 Å². The summed E-state index contributed by atoms with van der Waals surface area (Å²) in [4.78, 5) is 8.48. The molecular formula is C12H17N5O. The van der Waals surface area contributed by atoms with E-state index in [2.05, 4.69) is 15.1 Å². The van der Waals surface area contributed by atoms with Crippen LogP contribution in [0.5, 0.6) is 0 Å². The number of ether oxygens (including phenoxy) is 1. The van der Waals surface area contributed by atoms with Crippen LogP contribution in [-0.4, -0.2) is 33.0 Å². The number of fused-ring (bicyclic) bond motifs is 1. The standard InChI is InChI=1S/C12H17N5O/c13-11-7-14-10-6-15-17(12(10)16-11)4-3-9-2-1-5-18-8-9/h6-7,9H,1-5,8H2,(H2,13,16)/t9-/m0/s1. The van der Waals surface area contributed by atoms with Gasteiger partial charge in [0.2, 0.25) is 0 Å². The van der Waals surface area contributed by atoms with Crippen molar-refractivity contribution in [2.24, 2.45) is 5.92 Å². The molecule has 2 aromatic heterocycles. The average molecular weight is 247 g/mol. The summed E-state index contributed by atoms with van der Waals surface area (Å²) < 4.78 is 7.36. The summed E-state index contributed by atoms with van der Waals surface area (Å²) in [7, 11) is 0. The first-order valence-electron chi connectivity index (χ1n) is 6.35. The molecule has 6 nitrogen and oxygen atoms in total. The molecule has 2 N–H and O–H groups in total. The Balaban J connectivity index is 1.72. The summed E-state index contributed by atoms with van der Waals surface area (Å²) in [6.07, 6.45) is 6.76. The fourth-order valence-electron chi connectivity index (χ4n) is 2.37. The zero-order valence-electron chi connectivity index (χ0n) is 10.2. The Morgan fingerprint density at radius 3 is 3.22 bits per heavy atom. The maximum absolute atomic E-state index is 5.66. The maximum Gasteiger partial charge on any atom is 0.178 e. The Bertz CT molecular complexity index is 532. The maximum atomic E-state index is 5.66. The Morgan fingerprint density at radius 1 is 1.44 bits per heavy atom. The van der Waals surface area contributed by atoms with E-state index in [0.29, 0.717) is 11.7 Å². The van der Waals surface area contributed by atoms with Gasteiger partial charge in [-0.15, -0.1) is 0 Å². The molecule has 0 aromatic carbocycles. The molecule has 3 heterocycles. The van der Waals surface area contributed by atoms with E-state index in [4.69, 9.17) is 10.5 Å². The first-order valence-corrected chi connectivity index (χ1v) is 6.35. The van der Waals surface area contributed by atoms with Gasteiger partial charge in [0.25, 0.3) is 0 Å². The Morgan fingerprint density at radius 2 is 2.39 bits per heavy atom. The second kappa shape index (κ2) is 4.89. The topological polar surface area (TPSA) is 78.8 Å². The molecule has 0 radical (unpaired) electrons. The van der Waals surface area contributed by atoms with Crippen LogP contribution in [0.25, 0.3) is 11.2 Å². The van der Waals surface area contributed by atoms with Crippen LogP contribution < -0.4 is 5.73 Å². The predicted molar refractivity (Wildman–Crippen MR) is 67.9 cm³/mol. The molecule has 0 bridgehead atoms. The number of nitrogens with two attached hydrogens (primary N) is 1. The number of rotatable bonds is 3. The fourth-order valence-corrected chi connectivity index (χ4v) is 2.37. The molecule has 18 heavy (non-hydrogen) atoms. The smallest absolute Gasteiger partial charge is 0.178 e. The monoisotopic (exact) mass is 247 g/mol. The van der Waals surface area contributed by atoms with Crippen molar-refractivity contribution in [1.82, 2.24) is 19.7 Å². The molecule has 6 heteroatoms. The van der Waals surface area contributed by atoms with Crippen molar-refractivity contribution in [3.05, 3.63) is 12.4 Å². The highest BCUT2D eigenvalue weighted by Gasteiger charge is 2.15. The average Bonchev–Trinajstić information content (AvgIpc) is 2.80. The van der Waals surface area contributed by atoms with Gasteiger partial charge in [-0.1, -0.05) is 0 Å². The van der Waals surface area contributed by atoms with Crippen LogP contribution >= 0.6 is 0 Å². The van der Waals surface area contributed by atoms with E-state index in [1.54, 1.807) is 12.4 Å². The van der Waals surface area contributed by atoms with Crippen LogP contribution in [0.1, 0.15) is 19.3 Å². The van der Waals surface area contributed by atoms with Gasteiger partial charge in [0.1, 0.15) is 11.3 Å². The zero-order valence-corrected chi connectivity index (χ0v) is 10.2. The molecule has 1 aliphatic heterocycles. The molecule has 3 rings (SSSR count). The molecule has 2 aromatic rings. The summed E-state index contributed by atoms with van der Waals surface area (Å²) in [5, 5.41) is 4.32. The molecule has 0 spiro atoms. The molecule has 96 valence electrons. The van der Waals surface area contributed by atoms with Gasteiger partial charge in [-0.2, -0.15) is 5.10 Å². The summed E-state index contributed by atoms with van der Waals surface area (Å²) in [6.45, 7) is 2.62. The third-order valence-electron chi connectivity index (χ3n) is 3.37. The van der Waals surface area contributed by atoms with Crippen LogP contribution in [0, 0.1) is 5.92 Å². The van der Waals surface area contributed by atoms with Gasteiger partial charge in [-0.05, 0) is 25.2 Å². The van der Waals surface area contributed by atoms with Crippen molar-refractivity contribution in [3.8, 4) is 0 Å². The minimum atomic E-state index is 0.435. The van der Waals surface area contributed by atoms with E-state index in [1.807, 2.05) is 4.68 Å². The summed E-state index contributed by atoms with van der Waals surface area (Å²) in [6, 6.07) is 0. The normalized spacial score (nSPS) is 20.3. The van der Waals surface area contributed by atoms with Crippen molar-refractivity contribution in [2.45, 2.75) is 25.8 Å². The molecule has 0 amide bonds. The second-order valence-corrected chi connectivity index (χ2v) is 4.74. The molecule has 1 aliphatic rings. The van der Waals surface area contributed by atoms with Crippen LogP contribution in [-0.2, 0) is 11.3 Å². The number of nitrogens with zero attached hydrogens (tertiary/aromatic N) is 4. The van der Waals surface area contributed by atoms with E-state index >= 15 is 0 Å². The predicted octanol–water partition coefficient (Wildman–Crippen LogP) is 1.23. The molecule has 1 saturated heterocycles. The van der Waals surface area contributed by atoms with E-state index < -0.39 is 0 Å². The highest BCUT2D eigenvalue weighted by molar-refractivity contribution is 5.70. The molecule has 0 unspecified atom stereocenters. The fraction of sp³-hybridized carbons (Fsp3) is 0.583. The minimum Gasteiger partial charge on any atom is -0.382 e. The lowest BCUT2D eigenvalue weighted by molar-refractivity contribution is 0.0498. The van der Waals surface area contributed by atoms with Gasteiger partial charge < -0.3 is 10.5 Å². The Labute approximate surface area is 105 Å². The quantitative estimate of drug-likeness (QED) is 0.882. The summed E-state index contributed by atoms with van der Waals surface area (Å²) in [5.74, 6) is 1.07. The zero-order chi connectivity index (χ0) is 12.4. The van der Waals surface area contributed by atoms with E-state index in [9.17, 15) is 0 Å². The van der Waals surface area contributed by atoms with Gasteiger partial charge in [0.05, 0.1) is 12.4 Å². The van der Waals surface area contributed by atoms with Crippen molar-refractivity contribution in [1.29, 1.82) is 0 Å². The first kappa shape index (κ1) is 11.4. The number of nitrogen functional groups attached to an aromatic ring is 1. The second-order valence-electron chi connectivity index (χ2n) is 4.74. The number of hydrogen-bond donors (Lipinski definition) is 1. The highest BCUT2D eigenvalue weighted by atomic mass is 16.5. The minimum absolute atomic E-state index is 0.435. The van der Waals surface area contributed by atoms with Gasteiger partial charge in [-0.3, -0.25) is 0 Å². The largest absolute Gasteiger partial charge is 0.382 e. The van der Waals surface area contributed by atoms with Crippen LogP contribution in [0.2, 0.25) is 0 Å². The Kier molecular flexibility index (Phi) is 3.10. The molecule has 1 fully saturated rings. The van der Waals surface area contributed by atoms with Gasteiger partial charge >= 0.3 is 0 Å². The van der Waals surface area contributed by atoms with Crippen LogP contribution in [0.3, 0.4) is 0 Å². The Hall–Kier alpha value is -1.69. The SMILES string of the molecule is Nc1cnc2cnn(CC[C@@H]3CCCOC3)c2n1. The lowest BCUT2D eigenvalue weighted by atomic mass is 9.99. The van der Waals surface area contributed by atoms with Gasteiger partial charge in [0.15, 0.2) is 5.65 Å².